The zero-order valence-corrected chi connectivity index (χ0v) is 14.4. The number of halogens is 1. The Morgan fingerprint density at radius 2 is 1.81 bits per heavy atom. The molecule has 0 atom stereocenters. The molecule has 0 aromatic heterocycles. The van der Waals surface area contributed by atoms with Crippen molar-refractivity contribution in [2.45, 2.75) is 47.0 Å². The summed E-state index contributed by atoms with van der Waals surface area (Å²) in [7, 11) is 0. The molecule has 1 amide bonds. The summed E-state index contributed by atoms with van der Waals surface area (Å²) in [5.74, 6) is 0.215. The number of anilines is 1. The van der Waals surface area contributed by atoms with Gasteiger partial charge in [0.1, 0.15) is 0 Å². The van der Waals surface area contributed by atoms with Gasteiger partial charge >= 0.3 is 0 Å². The van der Waals surface area contributed by atoms with E-state index in [1.165, 1.54) is 0 Å². The van der Waals surface area contributed by atoms with Crippen molar-refractivity contribution in [2.75, 3.05) is 25.0 Å². The van der Waals surface area contributed by atoms with E-state index in [1.54, 1.807) is 0 Å². The number of carbonyl (C=O) groups is 1. The van der Waals surface area contributed by atoms with Crippen LogP contribution in [0.2, 0.25) is 5.02 Å². The van der Waals surface area contributed by atoms with E-state index in [-0.39, 0.29) is 5.91 Å². The lowest BCUT2D eigenvalue weighted by Crippen LogP contribution is -2.33. The van der Waals surface area contributed by atoms with Gasteiger partial charge in [-0.25, -0.2) is 0 Å². The first-order valence-corrected chi connectivity index (χ1v) is 8.15. The molecule has 0 unspecified atom stereocenters. The standard InChI is InChI=1S/C17H27ClN2O/c1-5-9-20(10-6-2)16(21)7-8-19-17-14(4)11-13(3)12-15(17)18/h11-12,19H,5-10H2,1-4H3. The Kier molecular flexibility index (Phi) is 7.58. The maximum absolute atomic E-state index is 12.2. The van der Waals surface area contributed by atoms with Gasteiger partial charge in [-0.3, -0.25) is 4.79 Å². The average Bonchev–Trinajstić information content (AvgIpc) is 2.41. The molecule has 3 nitrogen and oxygen atoms in total. The van der Waals surface area contributed by atoms with Crippen LogP contribution in [0.25, 0.3) is 0 Å². The van der Waals surface area contributed by atoms with Crippen molar-refractivity contribution in [3.63, 3.8) is 0 Å². The summed E-state index contributed by atoms with van der Waals surface area (Å²) in [6, 6.07) is 4.04. The topological polar surface area (TPSA) is 32.3 Å². The van der Waals surface area contributed by atoms with Crippen LogP contribution in [-0.2, 0) is 4.79 Å². The fourth-order valence-electron chi connectivity index (χ4n) is 2.49. The molecule has 0 aliphatic rings. The minimum absolute atomic E-state index is 0.215. The molecule has 1 aromatic rings. The van der Waals surface area contributed by atoms with Gasteiger partial charge in [0.15, 0.2) is 0 Å². The largest absolute Gasteiger partial charge is 0.383 e. The second-order valence-corrected chi connectivity index (χ2v) is 5.90. The molecular formula is C17H27ClN2O. The lowest BCUT2D eigenvalue weighted by Gasteiger charge is -2.22. The highest BCUT2D eigenvalue weighted by Gasteiger charge is 2.12. The second-order valence-electron chi connectivity index (χ2n) is 5.50. The third-order valence-electron chi connectivity index (χ3n) is 3.41. The van der Waals surface area contributed by atoms with Crippen molar-refractivity contribution < 1.29 is 4.79 Å². The van der Waals surface area contributed by atoms with Gasteiger partial charge in [-0.2, -0.15) is 0 Å². The first kappa shape index (κ1) is 17.8. The van der Waals surface area contributed by atoms with Crippen molar-refractivity contribution in [2.24, 2.45) is 0 Å². The van der Waals surface area contributed by atoms with Crippen LogP contribution in [0.4, 0.5) is 5.69 Å². The Morgan fingerprint density at radius 3 is 2.33 bits per heavy atom. The van der Waals surface area contributed by atoms with Crippen molar-refractivity contribution in [3.8, 4) is 0 Å². The summed E-state index contributed by atoms with van der Waals surface area (Å²) in [5.41, 5.74) is 3.20. The second kappa shape index (κ2) is 8.93. The number of nitrogens with one attached hydrogen (secondary N) is 1. The molecule has 1 aromatic carbocycles. The van der Waals surface area contributed by atoms with Gasteiger partial charge in [0, 0.05) is 26.1 Å². The molecular weight excluding hydrogens is 284 g/mol. The monoisotopic (exact) mass is 310 g/mol. The van der Waals surface area contributed by atoms with E-state index < -0.39 is 0 Å². The predicted molar refractivity (Wildman–Crippen MR) is 91.2 cm³/mol. The van der Waals surface area contributed by atoms with Crippen molar-refractivity contribution in [1.82, 2.24) is 4.90 Å². The van der Waals surface area contributed by atoms with Gasteiger partial charge in [0.25, 0.3) is 0 Å². The van der Waals surface area contributed by atoms with Crippen LogP contribution in [0.15, 0.2) is 12.1 Å². The molecule has 0 fully saturated rings. The Labute approximate surface area is 133 Å². The lowest BCUT2D eigenvalue weighted by molar-refractivity contribution is -0.131. The normalized spacial score (nSPS) is 10.5. The SMILES string of the molecule is CCCN(CCC)C(=O)CCNc1c(C)cc(C)cc1Cl. The molecule has 0 saturated heterocycles. The van der Waals surface area contributed by atoms with E-state index >= 15 is 0 Å². The third kappa shape index (κ3) is 5.58. The molecule has 0 aliphatic carbocycles. The minimum Gasteiger partial charge on any atom is -0.383 e. The van der Waals surface area contributed by atoms with Crippen LogP contribution in [0, 0.1) is 13.8 Å². The first-order valence-electron chi connectivity index (χ1n) is 7.78. The number of hydrogen-bond acceptors (Lipinski definition) is 2. The van der Waals surface area contributed by atoms with Gasteiger partial charge in [-0.15, -0.1) is 0 Å². The summed E-state index contributed by atoms with van der Waals surface area (Å²) in [6.07, 6.45) is 2.51. The summed E-state index contributed by atoms with van der Waals surface area (Å²) in [6.45, 7) is 10.6. The molecule has 118 valence electrons. The van der Waals surface area contributed by atoms with Crippen LogP contribution >= 0.6 is 11.6 Å². The fraction of sp³-hybridized carbons (Fsp3) is 0.588. The Hall–Kier alpha value is -1.22. The van der Waals surface area contributed by atoms with E-state index in [2.05, 4.69) is 25.2 Å². The summed E-state index contributed by atoms with van der Waals surface area (Å²) in [5, 5.41) is 4.02. The molecule has 1 N–H and O–H groups in total. The lowest BCUT2D eigenvalue weighted by atomic mass is 10.1. The number of rotatable bonds is 8. The van der Waals surface area contributed by atoms with E-state index in [4.69, 9.17) is 11.6 Å². The van der Waals surface area contributed by atoms with Crippen LogP contribution in [0.5, 0.6) is 0 Å². The molecule has 0 saturated carbocycles. The maximum atomic E-state index is 12.2. The van der Waals surface area contributed by atoms with Gasteiger partial charge in [-0.1, -0.05) is 31.5 Å². The number of amides is 1. The van der Waals surface area contributed by atoms with Crippen LogP contribution in [0.1, 0.15) is 44.2 Å². The molecule has 21 heavy (non-hydrogen) atoms. The fourth-order valence-corrected chi connectivity index (χ4v) is 2.88. The highest BCUT2D eigenvalue weighted by atomic mass is 35.5. The smallest absolute Gasteiger partial charge is 0.224 e. The third-order valence-corrected chi connectivity index (χ3v) is 3.71. The van der Waals surface area contributed by atoms with E-state index in [0.717, 1.165) is 47.8 Å². The molecule has 1 rings (SSSR count). The Bertz CT molecular complexity index is 445. The van der Waals surface area contributed by atoms with Crippen molar-refractivity contribution in [1.29, 1.82) is 0 Å². The number of aryl methyl sites for hydroxylation is 2. The van der Waals surface area contributed by atoms with E-state index in [0.29, 0.717) is 13.0 Å². The summed E-state index contributed by atoms with van der Waals surface area (Å²) >= 11 is 6.25. The quantitative estimate of drug-likeness (QED) is 0.771. The molecule has 0 radical (unpaired) electrons. The number of benzene rings is 1. The molecule has 0 bridgehead atoms. The van der Waals surface area contributed by atoms with E-state index in [9.17, 15) is 4.79 Å². The highest BCUT2D eigenvalue weighted by molar-refractivity contribution is 6.33. The van der Waals surface area contributed by atoms with Crippen molar-refractivity contribution in [3.05, 3.63) is 28.3 Å². The number of carbonyl (C=O) groups excluding carboxylic acids is 1. The zero-order valence-electron chi connectivity index (χ0n) is 13.6. The van der Waals surface area contributed by atoms with Gasteiger partial charge < -0.3 is 10.2 Å². The maximum Gasteiger partial charge on any atom is 0.224 e. The van der Waals surface area contributed by atoms with Gasteiger partial charge in [0.05, 0.1) is 10.7 Å². The average molecular weight is 311 g/mol. The Morgan fingerprint density at radius 1 is 1.19 bits per heavy atom. The molecule has 4 heteroatoms. The molecule has 0 spiro atoms. The number of hydrogen-bond donors (Lipinski definition) is 1. The summed E-state index contributed by atoms with van der Waals surface area (Å²) < 4.78 is 0. The Balaban J connectivity index is 2.55. The van der Waals surface area contributed by atoms with Crippen LogP contribution < -0.4 is 5.32 Å². The highest BCUT2D eigenvalue weighted by Crippen LogP contribution is 2.27. The zero-order chi connectivity index (χ0) is 15.8. The molecule has 0 heterocycles. The van der Waals surface area contributed by atoms with Crippen molar-refractivity contribution >= 4 is 23.2 Å². The predicted octanol–water partition coefficient (Wildman–Crippen LogP) is 4.41. The summed E-state index contributed by atoms with van der Waals surface area (Å²) in [4.78, 5) is 14.1. The van der Waals surface area contributed by atoms with E-state index in [1.807, 2.05) is 24.8 Å². The molecule has 0 aliphatic heterocycles. The number of nitrogens with zero attached hydrogens (tertiary/aromatic N) is 1. The minimum atomic E-state index is 0.215. The first-order chi connectivity index (χ1) is 9.99. The van der Waals surface area contributed by atoms with Gasteiger partial charge in [0.2, 0.25) is 5.91 Å². The van der Waals surface area contributed by atoms with Crippen LogP contribution in [-0.4, -0.2) is 30.4 Å². The van der Waals surface area contributed by atoms with Gasteiger partial charge in [-0.05, 0) is 43.9 Å². The van der Waals surface area contributed by atoms with Crippen LogP contribution in [0.3, 0.4) is 0 Å².